The van der Waals surface area contributed by atoms with Gasteiger partial charge in [0.05, 0.1) is 36.8 Å². The summed E-state index contributed by atoms with van der Waals surface area (Å²) >= 11 is 12.0. The normalized spacial score (nSPS) is 22.3. The van der Waals surface area contributed by atoms with E-state index in [2.05, 4.69) is 5.32 Å². The van der Waals surface area contributed by atoms with Crippen LogP contribution in [0.5, 0.6) is 0 Å². The Morgan fingerprint density at radius 3 is 2.57 bits per heavy atom. The Balaban J connectivity index is 1.93. The Morgan fingerprint density at radius 2 is 1.96 bits per heavy atom. The van der Waals surface area contributed by atoms with Crippen molar-refractivity contribution in [3.63, 3.8) is 0 Å². The molecule has 1 atom stereocenters. The van der Waals surface area contributed by atoms with Gasteiger partial charge in [0.25, 0.3) is 5.91 Å². The second kappa shape index (κ2) is 7.99. The second-order valence-corrected chi connectivity index (χ2v) is 6.63. The molecule has 23 heavy (non-hydrogen) atoms. The summed E-state index contributed by atoms with van der Waals surface area (Å²) in [6.45, 7) is 3.40. The number of anilines is 1. The minimum Gasteiger partial charge on any atom is -0.469 e. The van der Waals surface area contributed by atoms with Gasteiger partial charge in [-0.3, -0.25) is 9.59 Å². The topological polar surface area (TPSA) is 59.8 Å². The van der Waals surface area contributed by atoms with Crippen LogP contribution in [-0.2, 0) is 14.3 Å². The van der Waals surface area contributed by atoms with Crippen LogP contribution in [0.1, 0.15) is 19.8 Å². The Bertz CT molecular complexity index is 587. The Labute approximate surface area is 145 Å². The molecule has 1 fully saturated rings. The number of carbonyl (C=O) groups is 2. The van der Waals surface area contributed by atoms with Crippen LogP contribution in [0.3, 0.4) is 0 Å². The fraction of sp³-hybridized carbons (Fsp3) is 0.500. The molecule has 0 radical (unpaired) electrons. The summed E-state index contributed by atoms with van der Waals surface area (Å²) in [5.74, 6) is -0.325. The molecule has 0 bridgehead atoms. The highest BCUT2D eigenvalue weighted by molar-refractivity contribution is 6.35. The number of halogens is 2. The van der Waals surface area contributed by atoms with Crippen LogP contribution in [0.4, 0.5) is 5.69 Å². The van der Waals surface area contributed by atoms with Gasteiger partial charge in [0.2, 0.25) is 0 Å². The molecule has 1 heterocycles. The smallest absolute Gasteiger partial charge is 0.309 e. The fourth-order valence-corrected chi connectivity index (χ4v) is 3.18. The minimum atomic E-state index is -0.233. The molecule has 1 aliphatic heterocycles. The number of nitrogens with one attached hydrogen (secondary N) is 2. The number of piperidine rings is 1. The lowest BCUT2D eigenvalue weighted by molar-refractivity contribution is -0.919. The summed E-state index contributed by atoms with van der Waals surface area (Å²) in [5, 5.41) is 3.80. The van der Waals surface area contributed by atoms with Gasteiger partial charge in [-0.2, -0.15) is 0 Å². The van der Waals surface area contributed by atoms with E-state index in [1.54, 1.807) is 18.2 Å². The molecule has 7 heteroatoms. The van der Waals surface area contributed by atoms with E-state index < -0.39 is 0 Å². The van der Waals surface area contributed by atoms with E-state index in [-0.39, 0.29) is 23.8 Å². The number of benzene rings is 1. The lowest BCUT2D eigenvalue weighted by Crippen LogP contribution is -3.17. The van der Waals surface area contributed by atoms with E-state index in [4.69, 9.17) is 27.9 Å². The highest BCUT2D eigenvalue weighted by Crippen LogP contribution is 2.25. The van der Waals surface area contributed by atoms with Crippen molar-refractivity contribution in [3.05, 3.63) is 28.2 Å². The summed E-state index contributed by atoms with van der Waals surface area (Å²) < 4.78 is 4.78. The largest absolute Gasteiger partial charge is 0.469 e. The van der Waals surface area contributed by atoms with Gasteiger partial charge in [-0.05, 0) is 25.1 Å². The fourth-order valence-electron chi connectivity index (χ4n) is 2.84. The van der Waals surface area contributed by atoms with Crippen molar-refractivity contribution in [3.8, 4) is 0 Å². The van der Waals surface area contributed by atoms with Crippen LogP contribution in [0.25, 0.3) is 0 Å². The zero-order valence-corrected chi connectivity index (χ0v) is 14.7. The first-order chi connectivity index (χ1) is 10.9. The monoisotopic (exact) mass is 359 g/mol. The Morgan fingerprint density at radius 1 is 1.30 bits per heavy atom. The van der Waals surface area contributed by atoms with E-state index in [9.17, 15) is 9.59 Å². The molecule has 2 rings (SSSR count). The number of carbonyl (C=O) groups excluding carboxylic acids is 2. The summed E-state index contributed by atoms with van der Waals surface area (Å²) in [5.41, 5.74) is 0.514. The third kappa shape index (κ3) is 4.59. The van der Waals surface area contributed by atoms with Crippen molar-refractivity contribution in [1.29, 1.82) is 0 Å². The Hall–Kier alpha value is -1.30. The molecule has 1 amide bonds. The maximum atomic E-state index is 12.4. The second-order valence-electron chi connectivity index (χ2n) is 5.79. The first-order valence-corrected chi connectivity index (χ1v) is 8.36. The van der Waals surface area contributed by atoms with Crippen molar-refractivity contribution in [2.75, 3.05) is 25.5 Å². The molecule has 126 valence electrons. The van der Waals surface area contributed by atoms with E-state index in [1.165, 1.54) is 7.11 Å². The first-order valence-electron chi connectivity index (χ1n) is 7.60. The van der Waals surface area contributed by atoms with Crippen molar-refractivity contribution in [1.82, 2.24) is 0 Å². The van der Waals surface area contributed by atoms with Gasteiger partial charge in [-0.25, -0.2) is 0 Å². The van der Waals surface area contributed by atoms with Crippen molar-refractivity contribution >= 4 is 40.8 Å². The number of rotatable bonds is 4. The number of methoxy groups -OCH3 is 1. The van der Waals surface area contributed by atoms with Gasteiger partial charge in [0.15, 0.2) is 6.04 Å². The van der Waals surface area contributed by atoms with E-state index in [0.29, 0.717) is 15.7 Å². The third-order valence-corrected chi connectivity index (χ3v) is 4.92. The molecule has 0 spiro atoms. The molecule has 1 aliphatic rings. The average molecular weight is 360 g/mol. The summed E-state index contributed by atoms with van der Waals surface area (Å²) in [4.78, 5) is 25.1. The van der Waals surface area contributed by atoms with Crippen LogP contribution in [0, 0.1) is 5.92 Å². The SMILES string of the molecule is COC(=O)C1CC[NH+]([C@H](C)C(=O)Nc2cc(Cl)ccc2Cl)CC1. The number of esters is 1. The quantitative estimate of drug-likeness (QED) is 0.805. The summed E-state index contributed by atoms with van der Waals surface area (Å²) in [6, 6.07) is 4.72. The lowest BCUT2D eigenvalue weighted by Gasteiger charge is -2.31. The molecule has 1 saturated heterocycles. The molecule has 0 unspecified atom stereocenters. The van der Waals surface area contributed by atoms with Crippen molar-refractivity contribution in [2.24, 2.45) is 5.92 Å². The molecule has 5 nitrogen and oxygen atoms in total. The number of hydrogen-bond donors (Lipinski definition) is 2. The molecular formula is C16H21Cl2N2O3+. The molecule has 0 aromatic heterocycles. The van der Waals surface area contributed by atoms with E-state index in [0.717, 1.165) is 30.8 Å². The molecule has 1 aromatic rings. The number of quaternary nitrogens is 1. The average Bonchev–Trinajstić information content (AvgIpc) is 2.56. The Kier molecular flexibility index (Phi) is 6.27. The number of amides is 1. The van der Waals surface area contributed by atoms with Crippen LogP contribution < -0.4 is 10.2 Å². The van der Waals surface area contributed by atoms with Gasteiger partial charge < -0.3 is 15.0 Å². The molecule has 0 aliphatic carbocycles. The van der Waals surface area contributed by atoms with Gasteiger partial charge >= 0.3 is 5.97 Å². The number of likely N-dealkylation sites (tertiary alicyclic amines) is 1. The first kappa shape index (κ1) is 18.0. The zero-order valence-electron chi connectivity index (χ0n) is 13.2. The zero-order chi connectivity index (χ0) is 17.0. The van der Waals surface area contributed by atoms with Gasteiger partial charge in [0, 0.05) is 17.9 Å². The van der Waals surface area contributed by atoms with Crippen LogP contribution in [-0.4, -0.2) is 38.1 Å². The predicted molar refractivity (Wildman–Crippen MR) is 90.0 cm³/mol. The standard InChI is InChI=1S/C16H20Cl2N2O3/c1-10(20-7-5-11(6-8-20)16(22)23-2)15(21)19-14-9-12(17)3-4-13(14)18/h3-4,9-11H,5-8H2,1-2H3,(H,19,21)/p+1/t10-/m1/s1. The minimum absolute atomic E-state index is 0.0543. The molecule has 0 saturated carbocycles. The summed E-state index contributed by atoms with van der Waals surface area (Å²) in [7, 11) is 1.41. The van der Waals surface area contributed by atoms with E-state index >= 15 is 0 Å². The highest BCUT2D eigenvalue weighted by atomic mass is 35.5. The third-order valence-electron chi connectivity index (χ3n) is 4.35. The van der Waals surface area contributed by atoms with Crippen LogP contribution in [0.2, 0.25) is 10.0 Å². The van der Waals surface area contributed by atoms with Gasteiger partial charge in [-0.15, -0.1) is 0 Å². The van der Waals surface area contributed by atoms with Gasteiger partial charge in [0.1, 0.15) is 0 Å². The molecule has 2 N–H and O–H groups in total. The van der Waals surface area contributed by atoms with Crippen LogP contribution >= 0.6 is 23.2 Å². The lowest BCUT2D eigenvalue weighted by atomic mass is 9.96. The highest BCUT2D eigenvalue weighted by Gasteiger charge is 2.33. The number of ether oxygens (including phenoxy) is 1. The molecular weight excluding hydrogens is 339 g/mol. The maximum absolute atomic E-state index is 12.4. The maximum Gasteiger partial charge on any atom is 0.309 e. The van der Waals surface area contributed by atoms with E-state index in [1.807, 2.05) is 6.92 Å². The van der Waals surface area contributed by atoms with Gasteiger partial charge in [-0.1, -0.05) is 23.2 Å². The predicted octanol–water partition coefficient (Wildman–Crippen LogP) is 1.79. The van der Waals surface area contributed by atoms with Crippen molar-refractivity contribution < 1.29 is 19.2 Å². The van der Waals surface area contributed by atoms with Crippen LogP contribution in [0.15, 0.2) is 18.2 Å². The van der Waals surface area contributed by atoms with Crippen molar-refractivity contribution in [2.45, 2.75) is 25.8 Å². The number of hydrogen-bond acceptors (Lipinski definition) is 3. The molecule has 1 aromatic carbocycles. The summed E-state index contributed by atoms with van der Waals surface area (Å²) in [6.07, 6.45) is 1.47.